The van der Waals surface area contributed by atoms with Gasteiger partial charge in [0, 0.05) is 0 Å². The first-order valence-electron chi connectivity index (χ1n) is 15.2. The first-order valence-corrected chi connectivity index (χ1v) is 15.2. The van der Waals surface area contributed by atoms with Gasteiger partial charge >= 0.3 is 6.03 Å². The number of ether oxygens (including phenoxy) is 1. The average Bonchev–Trinajstić information content (AvgIpc) is 3.36. The largest absolute Gasteiger partial charge is 0.490 e. The van der Waals surface area contributed by atoms with Crippen LogP contribution in [0.25, 0.3) is 11.1 Å². The van der Waals surface area contributed by atoms with E-state index in [1.807, 2.05) is 19.2 Å². The Morgan fingerprint density at radius 3 is 1.89 bits per heavy atom. The number of carboxylic acid groups (broad SMARTS) is 1. The van der Waals surface area contributed by atoms with Crippen LogP contribution in [0.3, 0.4) is 0 Å². The Kier molecular flexibility index (Phi) is 15.3. The van der Waals surface area contributed by atoms with Gasteiger partial charge in [0.1, 0.15) is 18.0 Å². The van der Waals surface area contributed by atoms with Crippen LogP contribution in [0.4, 0.5) is 38.1 Å². The van der Waals surface area contributed by atoms with E-state index in [1.54, 1.807) is 18.2 Å². The van der Waals surface area contributed by atoms with E-state index in [0.717, 1.165) is 16.0 Å². The zero-order valence-electron chi connectivity index (χ0n) is 26.1. The molecule has 1 heterocycles. The predicted molar refractivity (Wildman–Crippen MR) is 166 cm³/mol. The van der Waals surface area contributed by atoms with E-state index >= 15 is 0 Å². The summed E-state index contributed by atoms with van der Waals surface area (Å²) in [4.78, 5) is 22.3. The summed E-state index contributed by atoms with van der Waals surface area (Å²) in [6.07, 6.45) is 8.75. The summed E-state index contributed by atoms with van der Waals surface area (Å²) in [6, 6.07) is 12.5. The quantitative estimate of drug-likeness (QED) is 0.0986. The van der Waals surface area contributed by atoms with Crippen molar-refractivity contribution in [3.63, 3.8) is 0 Å². The van der Waals surface area contributed by atoms with E-state index in [1.165, 1.54) is 50.5 Å². The molecule has 0 aromatic heterocycles. The summed E-state index contributed by atoms with van der Waals surface area (Å²) in [5.41, 5.74) is 2.06. The average molecular weight is 637 g/mol. The van der Waals surface area contributed by atoms with E-state index in [2.05, 4.69) is 38.1 Å². The monoisotopic (exact) mass is 636 g/mol. The van der Waals surface area contributed by atoms with Crippen molar-refractivity contribution in [2.45, 2.75) is 78.6 Å². The van der Waals surface area contributed by atoms with Gasteiger partial charge in [-0.15, -0.1) is 0 Å². The highest BCUT2D eigenvalue weighted by atomic mass is 19.2. The van der Waals surface area contributed by atoms with Crippen molar-refractivity contribution in [1.82, 2.24) is 0 Å². The van der Waals surface area contributed by atoms with Gasteiger partial charge in [-0.1, -0.05) is 90.1 Å². The molecule has 0 radical (unpaired) electrons. The summed E-state index contributed by atoms with van der Waals surface area (Å²) in [7, 11) is 0. The van der Waals surface area contributed by atoms with E-state index in [-0.39, 0.29) is 19.6 Å². The molecule has 2 amide bonds. The second kappa shape index (κ2) is 18.6. The summed E-state index contributed by atoms with van der Waals surface area (Å²) in [6.45, 7) is 8.10. The van der Waals surface area contributed by atoms with Crippen molar-refractivity contribution in [3.05, 3.63) is 77.1 Å². The van der Waals surface area contributed by atoms with Crippen LogP contribution >= 0.6 is 0 Å². The Morgan fingerprint density at radius 2 is 1.36 bits per heavy atom. The fraction of sp³-hybridized carbons (Fsp3) is 0.412. The maximum atomic E-state index is 14.1. The van der Waals surface area contributed by atoms with Crippen LogP contribution in [0.5, 0.6) is 5.75 Å². The lowest BCUT2D eigenvalue weighted by atomic mass is 9.90. The molecule has 1 aliphatic carbocycles. The molecule has 1 aliphatic heterocycles. The molecule has 0 spiro atoms. The van der Waals surface area contributed by atoms with Crippen molar-refractivity contribution in [2.75, 3.05) is 23.4 Å². The van der Waals surface area contributed by atoms with Crippen molar-refractivity contribution in [1.29, 1.82) is 0 Å². The lowest BCUT2D eigenvalue weighted by Gasteiger charge is -2.30. The Hall–Kier alpha value is -4.15. The molecule has 2 aliphatic rings. The number of carbonyl (C=O) groups excluding carboxylic acids is 1. The first-order chi connectivity index (χ1) is 21.7. The first kappa shape index (κ1) is 37.0. The molecule has 1 fully saturated rings. The van der Waals surface area contributed by atoms with Gasteiger partial charge in [-0.3, -0.25) is 9.69 Å². The van der Waals surface area contributed by atoms with Crippen molar-refractivity contribution >= 4 is 23.9 Å². The number of hydrogen-bond donors (Lipinski definition) is 2. The summed E-state index contributed by atoms with van der Waals surface area (Å²) in [5, 5.41) is 8.71. The molecule has 0 unspecified atom stereocenters. The van der Waals surface area contributed by atoms with Crippen LogP contribution in [0.15, 0.2) is 42.5 Å². The molecule has 45 heavy (non-hydrogen) atoms. The number of carbonyl (C=O) groups is 2. The maximum absolute atomic E-state index is 14.1. The Balaban J connectivity index is 0.000000804. The second-order valence-corrected chi connectivity index (χ2v) is 10.2. The summed E-state index contributed by atoms with van der Waals surface area (Å²) >= 11 is 0. The van der Waals surface area contributed by atoms with Gasteiger partial charge in [-0.2, -0.15) is 0 Å². The van der Waals surface area contributed by atoms with E-state index in [9.17, 15) is 26.7 Å². The summed E-state index contributed by atoms with van der Waals surface area (Å²) < 4.78 is 74.2. The fourth-order valence-corrected chi connectivity index (χ4v) is 5.06. The lowest BCUT2D eigenvalue weighted by Crippen LogP contribution is -2.41. The third-order valence-electron chi connectivity index (χ3n) is 7.08. The van der Waals surface area contributed by atoms with Gasteiger partial charge < -0.3 is 15.2 Å². The van der Waals surface area contributed by atoms with Crippen LogP contribution in [-0.4, -0.2) is 30.8 Å². The van der Waals surface area contributed by atoms with Gasteiger partial charge in [-0.05, 0) is 47.6 Å². The number of hydrogen-bond acceptors (Lipinski definition) is 3. The van der Waals surface area contributed by atoms with Gasteiger partial charge in [0.15, 0.2) is 23.3 Å². The van der Waals surface area contributed by atoms with E-state index in [0.29, 0.717) is 17.4 Å². The number of rotatable bonds is 3. The van der Waals surface area contributed by atoms with Crippen molar-refractivity contribution in [2.24, 2.45) is 0 Å². The zero-order valence-corrected chi connectivity index (χ0v) is 26.1. The van der Waals surface area contributed by atoms with Crippen LogP contribution in [0.1, 0.15) is 84.1 Å². The van der Waals surface area contributed by atoms with E-state index in [4.69, 9.17) is 14.6 Å². The minimum absolute atomic E-state index is 0.0175. The minimum atomic E-state index is -2.29. The number of anilines is 2. The van der Waals surface area contributed by atoms with Crippen LogP contribution in [0, 0.1) is 29.1 Å². The lowest BCUT2D eigenvalue weighted by molar-refractivity contribution is -0.122. The highest BCUT2D eigenvalue weighted by Gasteiger charge is 2.30. The molecule has 6 nitrogen and oxygen atoms in total. The molecule has 0 saturated heterocycles. The molecule has 0 atom stereocenters. The topological polar surface area (TPSA) is 78.9 Å². The Morgan fingerprint density at radius 1 is 0.867 bits per heavy atom. The number of amides is 2. The molecule has 0 bridgehead atoms. The fourth-order valence-electron chi connectivity index (χ4n) is 5.06. The SMILES string of the molecule is CC.CCC.O=C(Nc1c(F)c(F)c(F)c(F)c1F)N1CCOc2cc(-c3ccc(C4CCCCCC4)cc3)ccc21.O=CO. The van der Waals surface area contributed by atoms with Crippen LogP contribution in [-0.2, 0) is 4.79 Å². The number of nitrogens with one attached hydrogen (secondary N) is 1. The molecular formula is C34H41F5N2O4. The standard InChI is InChI=1S/C28H25F5N2O2.C3H8.C2H6.CH2O2/c29-22-23(30)25(32)27(26(33)24(22)31)34-28(36)35-13-14-37-21-15-19(11-12-20(21)35)18-9-7-17(8-10-18)16-5-3-1-2-4-6-16;1-3-2;1-2;2-1-3/h7-12,15-16H,1-6,13-14H2,(H,34,36);3H2,1-2H3;1-2H3;1H,(H,2,3). The number of halogens is 5. The third kappa shape index (κ3) is 9.42. The molecule has 1 saturated carbocycles. The number of fused-ring (bicyclic) bond motifs is 1. The van der Waals surface area contributed by atoms with E-state index < -0.39 is 40.8 Å². The molecule has 11 heteroatoms. The molecule has 3 aromatic rings. The second-order valence-electron chi connectivity index (χ2n) is 10.2. The van der Waals surface area contributed by atoms with Crippen LogP contribution < -0.4 is 15.0 Å². The number of nitrogens with zero attached hydrogens (tertiary/aromatic N) is 1. The van der Waals surface area contributed by atoms with Gasteiger partial charge in [0.25, 0.3) is 6.47 Å². The third-order valence-corrected chi connectivity index (χ3v) is 7.08. The molecule has 246 valence electrons. The molecule has 2 N–H and O–H groups in total. The smallest absolute Gasteiger partial charge is 0.326 e. The van der Waals surface area contributed by atoms with Gasteiger partial charge in [-0.25, -0.2) is 26.7 Å². The van der Waals surface area contributed by atoms with Crippen molar-refractivity contribution < 1.29 is 41.4 Å². The number of urea groups is 1. The molecule has 3 aromatic carbocycles. The molecule has 5 rings (SSSR count). The predicted octanol–water partition coefficient (Wildman–Crippen LogP) is 10.1. The zero-order chi connectivity index (χ0) is 33.5. The maximum Gasteiger partial charge on any atom is 0.326 e. The normalized spacial score (nSPS) is 14.0. The minimum Gasteiger partial charge on any atom is -0.490 e. The molecular weight excluding hydrogens is 595 g/mol. The highest BCUT2D eigenvalue weighted by Crippen LogP contribution is 2.38. The number of benzene rings is 3. The Labute approximate surface area is 261 Å². The highest BCUT2D eigenvalue weighted by molar-refractivity contribution is 6.03. The van der Waals surface area contributed by atoms with Crippen LogP contribution in [0.2, 0.25) is 0 Å². The van der Waals surface area contributed by atoms with Gasteiger partial charge in [0.2, 0.25) is 5.82 Å². The Bertz CT molecular complexity index is 1370. The van der Waals surface area contributed by atoms with Crippen molar-refractivity contribution in [3.8, 4) is 16.9 Å². The van der Waals surface area contributed by atoms with Gasteiger partial charge in [0.05, 0.1) is 12.2 Å². The summed E-state index contributed by atoms with van der Waals surface area (Å²) in [5.74, 6) is -9.84.